The van der Waals surface area contributed by atoms with Crippen molar-refractivity contribution >= 4 is 38.6 Å². The number of rotatable bonds is 7. The van der Waals surface area contributed by atoms with Crippen molar-refractivity contribution in [3.05, 3.63) is 33.1 Å². The second-order valence-corrected chi connectivity index (χ2v) is 10.6. The van der Waals surface area contributed by atoms with Crippen molar-refractivity contribution in [3.8, 4) is 0 Å². The largest absolute Gasteiger partial charge is 0.356 e. The minimum absolute atomic E-state index is 0.0852. The van der Waals surface area contributed by atoms with Crippen LogP contribution in [0.1, 0.15) is 48.2 Å². The zero-order chi connectivity index (χ0) is 18.8. The smallest absolute Gasteiger partial charge is 0.250 e. The Kier molecular flexibility index (Phi) is 5.81. The highest BCUT2D eigenvalue weighted by Crippen LogP contribution is 2.41. The molecular weight excluding hydrogens is 390 g/mol. The lowest BCUT2D eigenvalue weighted by Gasteiger charge is -2.27. The zero-order valence-electron chi connectivity index (χ0n) is 14.9. The topological polar surface area (TPSA) is 88.2 Å². The maximum atomic E-state index is 13.0. The number of carbonyl (C=O) groups excluding carboxylic acids is 1. The highest BCUT2D eigenvalue weighted by atomic mass is 32.2. The van der Waals surface area contributed by atoms with Gasteiger partial charge < -0.3 is 5.32 Å². The number of aromatic nitrogens is 1. The molecular formula is C17H23N3O3S3. The molecule has 0 spiro atoms. The van der Waals surface area contributed by atoms with E-state index in [-0.39, 0.29) is 5.91 Å². The third-order valence-electron chi connectivity index (χ3n) is 4.46. The molecule has 142 valence electrons. The molecule has 0 radical (unpaired) electrons. The number of sulfonamides is 1. The Bertz CT molecular complexity index is 880. The summed E-state index contributed by atoms with van der Waals surface area (Å²) in [4.78, 5) is 16.4. The quantitative estimate of drug-likeness (QED) is 0.730. The summed E-state index contributed by atoms with van der Waals surface area (Å²) in [6.07, 6.45) is 4.16. The predicted octanol–water partition coefficient (Wildman–Crippen LogP) is 2.94. The number of nitrogens with one attached hydrogen (secondary N) is 2. The van der Waals surface area contributed by atoms with Crippen LogP contribution in [0.15, 0.2) is 21.7 Å². The van der Waals surface area contributed by atoms with E-state index < -0.39 is 15.6 Å². The lowest BCUT2D eigenvalue weighted by atomic mass is 10.0. The van der Waals surface area contributed by atoms with E-state index in [1.807, 2.05) is 18.4 Å². The Hall–Kier alpha value is -1.29. The fraction of sp³-hybridized carbons (Fsp3) is 0.529. The first-order valence-corrected chi connectivity index (χ1v) is 11.8. The van der Waals surface area contributed by atoms with Crippen molar-refractivity contribution in [2.24, 2.45) is 0 Å². The molecule has 3 rings (SSSR count). The van der Waals surface area contributed by atoms with Crippen LogP contribution in [-0.4, -0.2) is 25.9 Å². The van der Waals surface area contributed by atoms with Crippen LogP contribution in [-0.2, 0) is 26.8 Å². The normalized spacial score (nSPS) is 16.7. The van der Waals surface area contributed by atoms with Crippen LogP contribution < -0.4 is 10.0 Å². The van der Waals surface area contributed by atoms with E-state index in [0.29, 0.717) is 17.2 Å². The maximum Gasteiger partial charge on any atom is 0.250 e. The Labute approximate surface area is 162 Å². The van der Waals surface area contributed by atoms with Crippen LogP contribution in [0.4, 0.5) is 0 Å². The van der Waals surface area contributed by atoms with Crippen LogP contribution in [0.5, 0.6) is 0 Å². The molecule has 9 heteroatoms. The molecule has 1 aliphatic rings. The number of hydrogen-bond acceptors (Lipinski definition) is 6. The van der Waals surface area contributed by atoms with Gasteiger partial charge in [-0.15, -0.1) is 22.7 Å². The van der Waals surface area contributed by atoms with Gasteiger partial charge in [-0.25, -0.2) is 13.4 Å². The van der Waals surface area contributed by atoms with E-state index in [1.165, 1.54) is 29.6 Å². The van der Waals surface area contributed by atoms with Crippen molar-refractivity contribution < 1.29 is 13.2 Å². The lowest BCUT2D eigenvalue weighted by molar-refractivity contribution is -0.118. The van der Waals surface area contributed by atoms with Gasteiger partial charge in [-0.1, -0.05) is 12.8 Å². The molecule has 1 fully saturated rings. The highest BCUT2D eigenvalue weighted by Gasteiger charge is 2.42. The Balaban J connectivity index is 1.77. The van der Waals surface area contributed by atoms with Crippen LogP contribution >= 0.6 is 22.7 Å². The van der Waals surface area contributed by atoms with Crippen molar-refractivity contribution in [2.45, 2.75) is 55.7 Å². The molecule has 0 saturated heterocycles. The van der Waals surface area contributed by atoms with Crippen molar-refractivity contribution in [3.63, 3.8) is 0 Å². The summed E-state index contributed by atoms with van der Waals surface area (Å²) in [5.41, 5.74) is 0.338. The zero-order valence-corrected chi connectivity index (χ0v) is 17.3. The fourth-order valence-electron chi connectivity index (χ4n) is 3.22. The maximum absolute atomic E-state index is 13.0. The molecule has 1 amide bonds. The summed E-state index contributed by atoms with van der Waals surface area (Å²) in [7, 11) is -3.61. The molecule has 2 N–H and O–H groups in total. The van der Waals surface area contributed by atoms with Gasteiger partial charge in [0.25, 0.3) is 10.0 Å². The van der Waals surface area contributed by atoms with Gasteiger partial charge in [0.15, 0.2) is 0 Å². The van der Waals surface area contributed by atoms with Gasteiger partial charge in [0.05, 0.1) is 5.54 Å². The lowest BCUT2D eigenvalue weighted by Crippen LogP contribution is -2.43. The number of nitrogens with zero attached hydrogens (tertiary/aromatic N) is 1. The van der Waals surface area contributed by atoms with Gasteiger partial charge in [-0.3, -0.25) is 4.79 Å². The molecule has 26 heavy (non-hydrogen) atoms. The van der Waals surface area contributed by atoms with E-state index >= 15 is 0 Å². The summed E-state index contributed by atoms with van der Waals surface area (Å²) in [5.74, 6) is -0.0852. The third kappa shape index (κ3) is 4.33. The van der Waals surface area contributed by atoms with Gasteiger partial charge >= 0.3 is 0 Å². The molecule has 0 atom stereocenters. The average molecular weight is 414 g/mol. The second-order valence-electron chi connectivity index (χ2n) is 6.64. The first-order valence-electron chi connectivity index (χ1n) is 8.60. The van der Waals surface area contributed by atoms with Gasteiger partial charge in [0.2, 0.25) is 5.91 Å². The third-order valence-corrected chi connectivity index (χ3v) is 8.80. The van der Waals surface area contributed by atoms with Crippen molar-refractivity contribution in [1.82, 2.24) is 15.0 Å². The molecule has 1 aliphatic carbocycles. The fourth-order valence-corrected chi connectivity index (χ4v) is 7.08. The molecule has 6 nitrogen and oxygen atoms in total. The minimum Gasteiger partial charge on any atom is -0.356 e. The standard InChI is InChI=1S/C17H23N3O3S3/c1-12-11-24-16(19-12)17(8-3-4-9-17)20-26(22,23)15-6-5-14(25-15)7-10-18-13(2)21/h5-6,11,20H,3-4,7-10H2,1-2H3,(H,18,21). The van der Waals surface area contributed by atoms with Crippen molar-refractivity contribution in [2.75, 3.05) is 6.54 Å². The summed E-state index contributed by atoms with van der Waals surface area (Å²) >= 11 is 2.78. The Morgan fingerprint density at radius 3 is 2.65 bits per heavy atom. The number of thiophene rings is 1. The summed E-state index contributed by atoms with van der Waals surface area (Å²) in [5, 5.41) is 5.55. The molecule has 0 aliphatic heterocycles. The van der Waals surface area contributed by atoms with Gasteiger partial charge in [-0.2, -0.15) is 4.72 Å². The Morgan fingerprint density at radius 1 is 1.31 bits per heavy atom. The van der Waals surface area contributed by atoms with E-state index in [1.54, 1.807) is 6.07 Å². The summed E-state index contributed by atoms with van der Waals surface area (Å²) in [6.45, 7) is 3.90. The first-order chi connectivity index (χ1) is 12.3. The van der Waals surface area contributed by atoms with E-state index in [2.05, 4.69) is 15.0 Å². The molecule has 0 unspecified atom stereocenters. The minimum atomic E-state index is -3.61. The average Bonchev–Trinajstić information content (AvgIpc) is 3.27. The molecule has 0 bridgehead atoms. The predicted molar refractivity (Wildman–Crippen MR) is 104 cm³/mol. The van der Waals surface area contributed by atoms with Crippen LogP contribution in [0.25, 0.3) is 0 Å². The van der Waals surface area contributed by atoms with E-state index in [4.69, 9.17) is 0 Å². The molecule has 2 heterocycles. The number of carbonyl (C=O) groups is 1. The first kappa shape index (κ1) is 19.5. The van der Waals surface area contributed by atoms with Crippen LogP contribution in [0, 0.1) is 6.92 Å². The molecule has 0 aromatic carbocycles. The highest BCUT2D eigenvalue weighted by molar-refractivity contribution is 7.91. The number of thiazole rings is 1. The van der Waals surface area contributed by atoms with Crippen LogP contribution in [0.3, 0.4) is 0 Å². The summed E-state index contributed by atoms with van der Waals surface area (Å²) in [6, 6.07) is 3.46. The number of aryl methyl sites for hydroxylation is 1. The molecule has 2 aromatic rings. The number of amides is 1. The van der Waals surface area contributed by atoms with Gasteiger partial charge in [-0.05, 0) is 38.3 Å². The van der Waals surface area contributed by atoms with Gasteiger partial charge in [0.1, 0.15) is 9.22 Å². The second kappa shape index (κ2) is 7.75. The van der Waals surface area contributed by atoms with Gasteiger partial charge in [0, 0.05) is 29.4 Å². The van der Waals surface area contributed by atoms with Crippen LogP contribution in [0.2, 0.25) is 0 Å². The van der Waals surface area contributed by atoms with E-state index in [0.717, 1.165) is 41.3 Å². The SMILES string of the molecule is CC(=O)NCCc1ccc(S(=O)(=O)NC2(c3nc(C)cs3)CCCC2)s1. The molecule has 1 saturated carbocycles. The number of hydrogen-bond donors (Lipinski definition) is 2. The molecule has 2 aromatic heterocycles. The van der Waals surface area contributed by atoms with Crippen molar-refractivity contribution in [1.29, 1.82) is 0 Å². The summed E-state index contributed by atoms with van der Waals surface area (Å²) < 4.78 is 29.2. The van der Waals surface area contributed by atoms with E-state index in [9.17, 15) is 13.2 Å². The Morgan fingerprint density at radius 2 is 2.04 bits per heavy atom. The monoisotopic (exact) mass is 413 g/mol.